The summed E-state index contributed by atoms with van der Waals surface area (Å²) < 4.78 is 0. The molecule has 110 valence electrons. The molecule has 0 unspecified atom stereocenters. The normalized spacial score (nSPS) is 14.4. The fourth-order valence-corrected chi connectivity index (χ4v) is 1.99. The van der Waals surface area contributed by atoms with E-state index >= 15 is 0 Å². The predicted molar refractivity (Wildman–Crippen MR) is 75.0 cm³/mol. The van der Waals surface area contributed by atoms with Crippen molar-refractivity contribution in [3.63, 3.8) is 0 Å². The fourth-order valence-electron chi connectivity index (χ4n) is 1.99. The van der Waals surface area contributed by atoms with Gasteiger partial charge < -0.3 is 10.0 Å². The maximum Gasteiger partial charge on any atom is 0.335 e. The van der Waals surface area contributed by atoms with Gasteiger partial charge in [0.15, 0.2) is 0 Å². The number of hydrogen-bond acceptors (Lipinski definition) is 4. The molecule has 0 saturated carbocycles. The second kappa shape index (κ2) is 6.65. The summed E-state index contributed by atoms with van der Waals surface area (Å²) in [6, 6.07) is 5.98. The highest BCUT2D eigenvalue weighted by molar-refractivity contribution is 6.35. The second-order valence-corrected chi connectivity index (χ2v) is 4.63. The molecule has 1 heterocycles. The summed E-state index contributed by atoms with van der Waals surface area (Å²) in [4.78, 5) is 35.4. The van der Waals surface area contributed by atoms with E-state index in [1.807, 2.05) is 0 Å². The zero-order valence-corrected chi connectivity index (χ0v) is 11.3. The van der Waals surface area contributed by atoms with E-state index in [-0.39, 0.29) is 5.56 Å². The fraction of sp³-hybridized carbons (Fsp3) is 0.286. The monoisotopic (exact) mass is 289 g/mol. The van der Waals surface area contributed by atoms with Gasteiger partial charge in [-0.1, -0.05) is 12.1 Å². The van der Waals surface area contributed by atoms with Gasteiger partial charge in [-0.15, -0.1) is 0 Å². The summed E-state index contributed by atoms with van der Waals surface area (Å²) >= 11 is 0. The number of benzene rings is 1. The summed E-state index contributed by atoms with van der Waals surface area (Å²) in [6.45, 7) is 1.21. The summed E-state index contributed by atoms with van der Waals surface area (Å²) in [5, 5.41) is 12.4. The molecule has 1 aromatic carbocycles. The summed E-state index contributed by atoms with van der Waals surface area (Å²) in [5.74, 6) is -2.36. The van der Waals surface area contributed by atoms with Crippen molar-refractivity contribution in [1.82, 2.24) is 10.3 Å². The van der Waals surface area contributed by atoms with Crippen molar-refractivity contribution in [3.8, 4) is 0 Å². The van der Waals surface area contributed by atoms with E-state index in [1.54, 1.807) is 12.1 Å². The van der Waals surface area contributed by atoms with E-state index in [4.69, 9.17) is 5.11 Å². The largest absolute Gasteiger partial charge is 0.478 e. The molecular weight excluding hydrogens is 274 g/mol. The van der Waals surface area contributed by atoms with Gasteiger partial charge >= 0.3 is 17.8 Å². The van der Waals surface area contributed by atoms with Gasteiger partial charge in [-0.3, -0.25) is 9.59 Å². The van der Waals surface area contributed by atoms with Crippen LogP contribution in [0.2, 0.25) is 0 Å². The summed E-state index contributed by atoms with van der Waals surface area (Å²) in [7, 11) is 0. The maximum atomic E-state index is 11.7. The molecule has 1 aliphatic rings. The molecule has 2 N–H and O–H groups in total. The van der Waals surface area contributed by atoms with Crippen molar-refractivity contribution >= 4 is 24.0 Å². The van der Waals surface area contributed by atoms with Crippen LogP contribution in [0.5, 0.6) is 0 Å². The third kappa shape index (κ3) is 3.88. The molecule has 2 amide bonds. The molecule has 7 heteroatoms. The topological polar surface area (TPSA) is 99.1 Å². The van der Waals surface area contributed by atoms with Crippen molar-refractivity contribution in [3.05, 3.63) is 35.4 Å². The Bertz CT molecular complexity index is 574. The van der Waals surface area contributed by atoms with E-state index in [9.17, 15) is 14.4 Å². The van der Waals surface area contributed by atoms with Crippen LogP contribution in [0, 0.1) is 0 Å². The molecule has 0 aromatic heterocycles. The Balaban J connectivity index is 1.88. The van der Waals surface area contributed by atoms with Crippen LogP contribution >= 0.6 is 0 Å². The first-order chi connectivity index (χ1) is 10.1. The molecule has 1 saturated heterocycles. The lowest BCUT2D eigenvalue weighted by Gasteiger charge is -2.12. The van der Waals surface area contributed by atoms with Crippen LogP contribution in [-0.4, -0.2) is 47.1 Å². The van der Waals surface area contributed by atoms with Crippen LogP contribution in [0.1, 0.15) is 28.8 Å². The average molecular weight is 289 g/mol. The molecule has 0 spiro atoms. The van der Waals surface area contributed by atoms with Gasteiger partial charge in [0.05, 0.1) is 11.8 Å². The number of hydrazone groups is 1. The van der Waals surface area contributed by atoms with Gasteiger partial charge in [0.25, 0.3) is 0 Å². The number of hydrogen-bond donors (Lipinski definition) is 2. The zero-order chi connectivity index (χ0) is 15.2. The lowest BCUT2D eigenvalue weighted by atomic mass is 10.1. The molecule has 1 fully saturated rings. The van der Waals surface area contributed by atoms with E-state index in [0.29, 0.717) is 18.7 Å². The Morgan fingerprint density at radius 2 is 1.76 bits per heavy atom. The van der Waals surface area contributed by atoms with Gasteiger partial charge in [-0.25, -0.2) is 10.2 Å². The molecule has 0 radical (unpaired) electrons. The standard InChI is InChI=1S/C14H15N3O4/c18-12(13(19)17-7-1-2-8-17)16-15-9-10-3-5-11(6-4-10)14(20)21/h3-6,9H,1-2,7-8H2,(H,16,18)(H,20,21)/b15-9-. The Kier molecular flexibility index (Phi) is 4.65. The number of aromatic carboxylic acids is 1. The lowest BCUT2D eigenvalue weighted by Crippen LogP contribution is -2.39. The SMILES string of the molecule is O=C(N/N=C\c1ccc(C(=O)O)cc1)C(=O)N1CCCC1. The van der Waals surface area contributed by atoms with Crippen LogP contribution in [0.25, 0.3) is 0 Å². The highest BCUT2D eigenvalue weighted by Gasteiger charge is 2.23. The molecule has 7 nitrogen and oxygen atoms in total. The number of carbonyl (C=O) groups excluding carboxylic acids is 2. The van der Waals surface area contributed by atoms with Gasteiger partial charge in [0.2, 0.25) is 0 Å². The van der Waals surface area contributed by atoms with Crippen molar-refractivity contribution in [2.45, 2.75) is 12.8 Å². The predicted octanol–water partition coefficient (Wildman–Crippen LogP) is 0.457. The minimum absolute atomic E-state index is 0.167. The van der Waals surface area contributed by atoms with E-state index in [2.05, 4.69) is 10.5 Å². The number of rotatable bonds is 3. The molecule has 0 atom stereocenters. The van der Waals surface area contributed by atoms with E-state index in [0.717, 1.165) is 12.8 Å². The van der Waals surface area contributed by atoms with Gasteiger partial charge in [0, 0.05) is 13.1 Å². The number of likely N-dealkylation sites (tertiary alicyclic amines) is 1. The van der Waals surface area contributed by atoms with E-state index < -0.39 is 17.8 Å². The Morgan fingerprint density at radius 3 is 2.33 bits per heavy atom. The lowest BCUT2D eigenvalue weighted by molar-refractivity contribution is -0.145. The molecular formula is C14H15N3O4. The molecule has 21 heavy (non-hydrogen) atoms. The summed E-state index contributed by atoms with van der Waals surface area (Å²) in [5.41, 5.74) is 2.95. The molecule has 0 aliphatic carbocycles. The van der Waals surface area contributed by atoms with Crippen molar-refractivity contribution in [2.75, 3.05) is 13.1 Å². The Labute approximate surface area is 121 Å². The van der Waals surface area contributed by atoms with Crippen LogP contribution in [0.3, 0.4) is 0 Å². The van der Waals surface area contributed by atoms with Crippen LogP contribution in [0.4, 0.5) is 0 Å². The second-order valence-electron chi connectivity index (χ2n) is 4.63. The number of carboxylic acid groups (broad SMARTS) is 1. The van der Waals surface area contributed by atoms with E-state index in [1.165, 1.54) is 23.2 Å². The minimum atomic E-state index is -1.01. The van der Waals surface area contributed by atoms with Crippen molar-refractivity contribution < 1.29 is 19.5 Å². The number of nitrogens with one attached hydrogen (secondary N) is 1. The third-order valence-corrected chi connectivity index (χ3v) is 3.12. The Morgan fingerprint density at radius 1 is 1.14 bits per heavy atom. The first-order valence-corrected chi connectivity index (χ1v) is 6.53. The van der Waals surface area contributed by atoms with Crippen molar-refractivity contribution in [2.24, 2.45) is 5.10 Å². The number of amides is 2. The first kappa shape index (κ1) is 14.7. The quantitative estimate of drug-likeness (QED) is 0.479. The highest BCUT2D eigenvalue weighted by Crippen LogP contribution is 2.07. The molecule has 0 bridgehead atoms. The molecule has 2 rings (SSSR count). The molecule has 1 aliphatic heterocycles. The first-order valence-electron chi connectivity index (χ1n) is 6.53. The van der Waals surface area contributed by atoms with Gasteiger partial charge in [0.1, 0.15) is 0 Å². The molecule has 1 aromatic rings. The smallest absolute Gasteiger partial charge is 0.335 e. The van der Waals surface area contributed by atoms with Gasteiger partial charge in [-0.05, 0) is 30.5 Å². The van der Waals surface area contributed by atoms with Crippen LogP contribution in [-0.2, 0) is 9.59 Å². The third-order valence-electron chi connectivity index (χ3n) is 3.12. The zero-order valence-electron chi connectivity index (χ0n) is 11.3. The van der Waals surface area contributed by atoms with Crippen molar-refractivity contribution in [1.29, 1.82) is 0 Å². The minimum Gasteiger partial charge on any atom is -0.478 e. The Hall–Kier alpha value is -2.70. The summed E-state index contributed by atoms with van der Waals surface area (Å²) in [6.07, 6.45) is 3.18. The van der Waals surface area contributed by atoms with Crippen LogP contribution < -0.4 is 5.43 Å². The number of carbonyl (C=O) groups is 3. The number of nitrogens with zero attached hydrogens (tertiary/aromatic N) is 2. The maximum absolute atomic E-state index is 11.7. The van der Waals surface area contributed by atoms with Crippen LogP contribution in [0.15, 0.2) is 29.4 Å². The van der Waals surface area contributed by atoms with Gasteiger partial charge in [-0.2, -0.15) is 5.10 Å². The average Bonchev–Trinajstić information content (AvgIpc) is 3.01. The number of carboxylic acids is 1. The highest BCUT2D eigenvalue weighted by atomic mass is 16.4.